The number of hydrogen-bond acceptors (Lipinski definition) is 5. The summed E-state index contributed by atoms with van der Waals surface area (Å²) >= 11 is 6.37. The fourth-order valence-corrected chi connectivity index (χ4v) is 3.55. The SMILES string of the molecule is COc1ccc(NC(=O)CN2CCNCC2c2ccccc2Cl)cc1OC. The van der Waals surface area contributed by atoms with Gasteiger partial charge in [0.15, 0.2) is 11.5 Å². The first kappa shape index (κ1) is 19.5. The molecule has 2 aromatic rings. The van der Waals surface area contributed by atoms with E-state index in [1.807, 2.05) is 24.3 Å². The molecule has 0 bridgehead atoms. The Morgan fingerprint density at radius 2 is 2.00 bits per heavy atom. The highest BCUT2D eigenvalue weighted by atomic mass is 35.5. The van der Waals surface area contributed by atoms with Gasteiger partial charge in [-0.15, -0.1) is 0 Å². The van der Waals surface area contributed by atoms with E-state index in [0.717, 1.165) is 30.2 Å². The van der Waals surface area contributed by atoms with Crippen molar-refractivity contribution in [2.75, 3.05) is 45.7 Å². The summed E-state index contributed by atoms with van der Waals surface area (Å²) in [6, 6.07) is 13.2. The Balaban J connectivity index is 1.69. The molecule has 2 aromatic carbocycles. The Bertz CT molecular complexity index is 800. The van der Waals surface area contributed by atoms with Crippen LogP contribution in [-0.2, 0) is 4.79 Å². The van der Waals surface area contributed by atoms with E-state index in [1.165, 1.54) is 0 Å². The normalized spacial score (nSPS) is 17.4. The lowest BCUT2D eigenvalue weighted by molar-refractivity contribution is -0.118. The molecule has 0 radical (unpaired) electrons. The van der Waals surface area contributed by atoms with E-state index in [0.29, 0.717) is 17.2 Å². The van der Waals surface area contributed by atoms with E-state index in [2.05, 4.69) is 15.5 Å². The van der Waals surface area contributed by atoms with E-state index in [1.54, 1.807) is 32.4 Å². The van der Waals surface area contributed by atoms with Gasteiger partial charge in [0.2, 0.25) is 5.91 Å². The molecule has 1 fully saturated rings. The third-order valence-corrected chi connectivity index (χ3v) is 4.98. The van der Waals surface area contributed by atoms with E-state index in [9.17, 15) is 4.79 Å². The van der Waals surface area contributed by atoms with Gasteiger partial charge < -0.3 is 20.1 Å². The molecular formula is C20H24ClN3O3. The molecule has 0 aromatic heterocycles. The number of piperazine rings is 1. The number of nitrogens with zero attached hydrogens (tertiary/aromatic N) is 1. The van der Waals surface area contributed by atoms with Crippen LogP contribution in [0.15, 0.2) is 42.5 Å². The van der Waals surface area contributed by atoms with Gasteiger partial charge in [0.25, 0.3) is 0 Å². The number of carbonyl (C=O) groups excluding carboxylic acids is 1. The van der Waals surface area contributed by atoms with Crippen molar-refractivity contribution in [3.05, 3.63) is 53.1 Å². The zero-order valence-electron chi connectivity index (χ0n) is 15.5. The molecule has 144 valence electrons. The van der Waals surface area contributed by atoms with Crippen molar-refractivity contribution in [3.63, 3.8) is 0 Å². The van der Waals surface area contributed by atoms with Crippen LogP contribution in [0.1, 0.15) is 11.6 Å². The average molecular weight is 390 g/mol. The second kappa shape index (κ2) is 9.08. The number of hydrogen-bond donors (Lipinski definition) is 2. The summed E-state index contributed by atoms with van der Waals surface area (Å²) < 4.78 is 10.5. The molecule has 27 heavy (non-hydrogen) atoms. The third kappa shape index (κ3) is 4.71. The molecular weight excluding hydrogens is 366 g/mol. The third-order valence-electron chi connectivity index (χ3n) is 4.63. The van der Waals surface area contributed by atoms with Gasteiger partial charge in [-0.25, -0.2) is 0 Å². The summed E-state index contributed by atoms with van der Waals surface area (Å²) in [5, 5.41) is 7.03. The Morgan fingerprint density at radius 1 is 1.22 bits per heavy atom. The Labute approximate surface area is 164 Å². The van der Waals surface area contributed by atoms with Crippen LogP contribution in [0.5, 0.6) is 11.5 Å². The summed E-state index contributed by atoms with van der Waals surface area (Å²) in [5.41, 5.74) is 1.70. The van der Waals surface area contributed by atoms with Crippen LogP contribution in [0.2, 0.25) is 5.02 Å². The van der Waals surface area contributed by atoms with Crippen LogP contribution in [0.3, 0.4) is 0 Å². The standard InChI is InChI=1S/C20H24ClN3O3/c1-26-18-8-7-14(11-19(18)27-2)23-20(25)13-24-10-9-22-12-17(24)15-5-3-4-6-16(15)21/h3-8,11,17,22H,9-10,12-13H2,1-2H3,(H,23,25). The lowest BCUT2D eigenvalue weighted by atomic mass is 10.0. The Kier molecular flexibility index (Phi) is 6.55. The highest BCUT2D eigenvalue weighted by Crippen LogP contribution is 2.30. The Hall–Kier alpha value is -2.28. The van der Waals surface area contributed by atoms with Crippen LogP contribution < -0.4 is 20.1 Å². The first-order valence-corrected chi connectivity index (χ1v) is 9.21. The number of methoxy groups -OCH3 is 2. The van der Waals surface area contributed by atoms with Crippen molar-refractivity contribution >= 4 is 23.2 Å². The van der Waals surface area contributed by atoms with Gasteiger partial charge in [-0.1, -0.05) is 29.8 Å². The number of ether oxygens (including phenoxy) is 2. The maximum Gasteiger partial charge on any atom is 0.238 e. The zero-order chi connectivity index (χ0) is 19.2. The van der Waals surface area contributed by atoms with Crippen LogP contribution in [0.4, 0.5) is 5.69 Å². The van der Waals surface area contributed by atoms with Crippen LogP contribution >= 0.6 is 11.6 Å². The molecule has 1 unspecified atom stereocenters. The second-order valence-corrected chi connectivity index (χ2v) is 6.74. The molecule has 0 aliphatic carbocycles. The molecule has 0 spiro atoms. The van der Waals surface area contributed by atoms with E-state index < -0.39 is 0 Å². The van der Waals surface area contributed by atoms with Crippen LogP contribution in [0.25, 0.3) is 0 Å². The molecule has 1 atom stereocenters. The summed E-state index contributed by atoms with van der Waals surface area (Å²) in [6.07, 6.45) is 0. The highest BCUT2D eigenvalue weighted by molar-refractivity contribution is 6.31. The predicted molar refractivity (Wildman–Crippen MR) is 107 cm³/mol. The summed E-state index contributed by atoms with van der Waals surface area (Å²) in [7, 11) is 3.15. The summed E-state index contributed by atoms with van der Waals surface area (Å²) in [6.45, 7) is 2.65. The Morgan fingerprint density at radius 3 is 2.74 bits per heavy atom. The van der Waals surface area contributed by atoms with Gasteiger partial charge in [0, 0.05) is 42.5 Å². The minimum Gasteiger partial charge on any atom is -0.493 e. The van der Waals surface area contributed by atoms with Crippen molar-refractivity contribution in [1.82, 2.24) is 10.2 Å². The molecule has 1 saturated heterocycles. The monoisotopic (exact) mass is 389 g/mol. The van der Waals surface area contributed by atoms with E-state index in [-0.39, 0.29) is 18.5 Å². The molecule has 2 N–H and O–H groups in total. The number of benzene rings is 2. The van der Waals surface area contributed by atoms with Crippen LogP contribution in [-0.4, -0.2) is 51.2 Å². The number of rotatable bonds is 6. The number of anilines is 1. The first-order valence-electron chi connectivity index (χ1n) is 8.83. The van der Waals surface area contributed by atoms with Gasteiger partial charge in [0.05, 0.1) is 20.8 Å². The predicted octanol–water partition coefficient (Wildman–Crippen LogP) is 2.94. The highest BCUT2D eigenvalue weighted by Gasteiger charge is 2.27. The average Bonchev–Trinajstić information content (AvgIpc) is 2.69. The number of amides is 1. The minimum atomic E-state index is -0.0822. The smallest absolute Gasteiger partial charge is 0.238 e. The van der Waals surface area contributed by atoms with Crippen molar-refractivity contribution in [2.45, 2.75) is 6.04 Å². The molecule has 1 heterocycles. The molecule has 1 aliphatic heterocycles. The molecule has 6 nitrogen and oxygen atoms in total. The van der Waals surface area contributed by atoms with Crippen LogP contribution in [0, 0.1) is 0 Å². The second-order valence-electron chi connectivity index (χ2n) is 6.33. The summed E-state index contributed by atoms with van der Waals surface area (Å²) in [4.78, 5) is 14.8. The maximum atomic E-state index is 12.6. The molecule has 7 heteroatoms. The van der Waals surface area contributed by atoms with E-state index in [4.69, 9.17) is 21.1 Å². The topological polar surface area (TPSA) is 62.8 Å². The van der Waals surface area contributed by atoms with E-state index >= 15 is 0 Å². The van der Waals surface area contributed by atoms with Crippen molar-refractivity contribution in [3.8, 4) is 11.5 Å². The zero-order valence-corrected chi connectivity index (χ0v) is 16.3. The van der Waals surface area contributed by atoms with Crippen molar-refractivity contribution in [1.29, 1.82) is 0 Å². The fourth-order valence-electron chi connectivity index (χ4n) is 3.29. The molecule has 3 rings (SSSR count). The quantitative estimate of drug-likeness (QED) is 0.795. The van der Waals surface area contributed by atoms with Gasteiger partial charge in [-0.2, -0.15) is 0 Å². The van der Waals surface area contributed by atoms with Gasteiger partial charge in [0.1, 0.15) is 0 Å². The molecule has 0 saturated carbocycles. The summed E-state index contributed by atoms with van der Waals surface area (Å²) in [5.74, 6) is 1.11. The molecule has 1 aliphatic rings. The largest absolute Gasteiger partial charge is 0.493 e. The number of halogens is 1. The van der Waals surface area contributed by atoms with Gasteiger partial charge in [-0.3, -0.25) is 9.69 Å². The lowest BCUT2D eigenvalue weighted by Gasteiger charge is -2.36. The number of nitrogens with one attached hydrogen (secondary N) is 2. The number of carbonyl (C=O) groups is 1. The fraction of sp³-hybridized carbons (Fsp3) is 0.350. The minimum absolute atomic E-state index is 0.0589. The maximum absolute atomic E-state index is 12.6. The van der Waals surface area contributed by atoms with Crippen molar-refractivity contribution in [2.24, 2.45) is 0 Å². The molecule has 1 amide bonds. The van der Waals surface area contributed by atoms with Gasteiger partial charge >= 0.3 is 0 Å². The van der Waals surface area contributed by atoms with Crippen molar-refractivity contribution < 1.29 is 14.3 Å². The van der Waals surface area contributed by atoms with Gasteiger partial charge in [-0.05, 0) is 23.8 Å². The lowest BCUT2D eigenvalue weighted by Crippen LogP contribution is -2.48. The first-order chi connectivity index (χ1) is 13.1.